The molecular weight excluding hydrogens is 1840 g/mol. The number of primary amides is 3. The average Bonchev–Trinajstić information content (AvgIpc) is 1.53. The van der Waals surface area contributed by atoms with Gasteiger partial charge in [0, 0.05) is 25.2 Å². The molecule has 786 valence electrons. The molecule has 0 spiro atoms. The Hall–Kier alpha value is -10.6. The van der Waals surface area contributed by atoms with E-state index in [1.54, 1.807) is 0 Å². The molecule has 3 aliphatic heterocycles. The molecule has 1 aromatic heterocycles. The Morgan fingerprint density at radius 3 is 1.04 bits per heavy atom. The van der Waals surface area contributed by atoms with Crippen molar-refractivity contribution in [1.82, 2.24) is 62.6 Å². The first-order chi connectivity index (χ1) is 65.9. The third kappa shape index (κ3) is 27.9. The van der Waals surface area contributed by atoms with Crippen molar-refractivity contribution in [3.05, 3.63) is 58.3 Å². The Balaban J connectivity index is 0.000000204. The summed E-state index contributed by atoms with van der Waals surface area (Å²) in [5.41, 5.74) is 12.9. The highest BCUT2D eigenvalue weighted by molar-refractivity contribution is 7.08. The summed E-state index contributed by atoms with van der Waals surface area (Å²) in [7, 11) is 0. The number of likely N-dealkylation sites (tertiary alicyclic amines) is 3. The fraction of sp³-hybridized carbons (Fsp3) is 0.733. The Kier molecular flexibility index (Phi) is 34.7. The zero-order valence-corrected chi connectivity index (χ0v) is 88.0. The lowest BCUT2D eigenvalue weighted by Crippen LogP contribution is -2.64. The van der Waals surface area contributed by atoms with Gasteiger partial charge in [0.15, 0.2) is 0 Å². The number of nitrogens with two attached hydrogens (primary N) is 3. The van der Waals surface area contributed by atoms with E-state index in [-0.39, 0.29) is 93.5 Å². The molecule has 17 atom stereocenters. The number of rotatable bonds is 38. The van der Waals surface area contributed by atoms with Gasteiger partial charge in [-0.05, 0) is 183 Å². The summed E-state index contributed by atoms with van der Waals surface area (Å²) in [4.78, 5) is 243. The molecule has 8 aliphatic carbocycles. The number of urea groups is 3. The van der Waals surface area contributed by atoms with Gasteiger partial charge < -0.3 is 94.0 Å². The third-order valence-corrected chi connectivity index (χ3v) is 32.3. The van der Waals surface area contributed by atoms with E-state index in [0.717, 1.165) is 94.6 Å². The number of hydrogen-bond acceptors (Lipinski definition) is 22. The Morgan fingerprint density at radius 2 is 0.725 bits per heavy atom. The van der Waals surface area contributed by atoms with Crippen LogP contribution >= 0.6 is 11.3 Å². The van der Waals surface area contributed by atoms with Crippen LogP contribution < -0.4 is 65.1 Å². The van der Waals surface area contributed by atoms with Crippen LogP contribution in [-0.2, 0) is 99.3 Å². The number of carbonyl (C=O) groups excluding carboxylic acids is 18. The fourth-order valence-corrected chi connectivity index (χ4v) is 22.6. The second-order valence-electron chi connectivity index (χ2n) is 49.7. The SMILES string of the molecule is CC(C)(C)C[C@H](NC(=O)N[C@H](C(=O)N1C[C@H]2[C@@H]([C@H]1C(=O)NC(CC1CC1)C(=O)C(N)=O)C2(C)C)C(C)(C)C)C(=O)OCC1CC1.CC(C)(C)C[C@H](NC(=O)N[C@H](C(=O)N1C[C@H]2[C@@H]([C@H]1C(=O)NC(CC1CCC1)C(=O)C(N)=O)C2(C)C)C(C)(C)C)C(=O)OCc1ccccc1.CC(C)(C)[C@H](NC(=O)NC1(C(=O)OCc2ccsc2)CCCCC1)C(=O)N1C[C@H]2[C@@H]([C@H]1C(=O)NC(CC1CCC1)C(=O)C(N)=O)C2(C)C. The maximum atomic E-state index is 14.4. The van der Waals surface area contributed by atoms with E-state index in [9.17, 15) is 86.3 Å². The molecule has 3 saturated heterocycles. The molecular formula is C105H159N15O21S. The maximum absolute atomic E-state index is 14.4. The summed E-state index contributed by atoms with van der Waals surface area (Å²) in [5, 5.41) is 29.0. The number of Topliss-reactive ketones (excluding diaryl/α,β-unsaturated/α-hetero) is 3. The second kappa shape index (κ2) is 44.1. The molecule has 13 rings (SSSR count). The standard InChI is InChI=1S/C37H55N5O7.C35H51N5O7S.C33H53N5O7/c1-35(2,3)18-25(33(47)49-20-22-13-10-9-11-14-22)40-34(48)41-29(36(4,5)6)32(46)42-19-23-26(37(23,7)8)27(42)31(45)39-24(28(43)30(38)44)17-21-15-12-16-21;1-33(2,3)27(38-32(46)39-35(13-7-6-8-14-35)31(45)47-18-21-12-15-48-19-21)30(44)40-17-22-24(34(22,4)5)25(40)29(43)37-23(26(41)28(36)42)16-20-10-9-11-20;1-31(2,3)14-21(29(43)45-16-18-11-12-18)36-30(44)37-25(32(4,5)6)28(42)38-15-19-22(33(19,7)8)23(38)27(41)35-20(13-17-9-10-17)24(39)26(34)40/h9-11,13-14,21,23-27,29H,12,15-20H2,1-8H3,(H2,38,44)(H,39,45)(H2,40,41,48);12,15,19-20,22-25,27H,6-11,13-14,16-18H2,1-5H3,(H2,36,42)(H,37,43)(H2,38,39,46);17-23,25H,9-16H2,1-8H3,(H2,34,40)(H,35,41)(H2,36,37,44)/t23-,24?,25-,26-,27-,29+;22-,23?,24-,25-,27+;19-,20?,21-,22-,23-,25+/m000/s1. The van der Waals surface area contributed by atoms with E-state index >= 15 is 0 Å². The summed E-state index contributed by atoms with van der Waals surface area (Å²) < 4.78 is 16.7. The highest BCUT2D eigenvalue weighted by atomic mass is 32.1. The number of amides is 15. The van der Waals surface area contributed by atoms with E-state index in [1.807, 2.05) is 179 Å². The van der Waals surface area contributed by atoms with Crippen LogP contribution in [0, 0.1) is 102 Å². The van der Waals surface area contributed by atoms with Gasteiger partial charge in [0.1, 0.15) is 67.1 Å². The van der Waals surface area contributed by atoms with Gasteiger partial charge in [0.2, 0.25) is 52.8 Å². The lowest BCUT2D eigenvalue weighted by molar-refractivity contribution is -0.154. The van der Waals surface area contributed by atoms with Crippen LogP contribution in [0.15, 0.2) is 47.2 Å². The molecule has 0 bridgehead atoms. The molecule has 15 N–H and O–H groups in total. The lowest BCUT2D eigenvalue weighted by Gasteiger charge is -2.39. The van der Waals surface area contributed by atoms with Crippen LogP contribution in [0.5, 0.6) is 0 Å². The number of ketones is 3. The maximum Gasteiger partial charge on any atom is 0.332 e. The number of piperidine rings is 3. The van der Waals surface area contributed by atoms with Gasteiger partial charge in [-0.1, -0.05) is 246 Å². The molecule has 2 aromatic rings. The number of nitrogens with one attached hydrogen (secondary N) is 9. The van der Waals surface area contributed by atoms with Crippen molar-refractivity contribution < 1.29 is 101 Å². The number of carbonyl (C=O) groups is 18. The molecule has 0 radical (unpaired) electrons. The summed E-state index contributed by atoms with van der Waals surface area (Å²) in [6.45, 7) is 41.9. The number of esters is 3. The van der Waals surface area contributed by atoms with Crippen molar-refractivity contribution in [2.45, 2.75) is 359 Å². The Morgan fingerprint density at radius 1 is 0.387 bits per heavy atom. The molecule has 37 heteroatoms. The minimum Gasteiger partial charge on any atom is -0.464 e. The molecule has 142 heavy (non-hydrogen) atoms. The van der Waals surface area contributed by atoms with Crippen LogP contribution in [0.3, 0.4) is 0 Å². The first-order valence-corrected chi connectivity index (χ1v) is 52.0. The van der Waals surface area contributed by atoms with Crippen LogP contribution in [0.1, 0.15) is 285 Å². The molecule has 36 nitrogen and oxygen atoms in total. The number of hydrogen-bond donors (Lipinski definition) is 12. The van der Waals surface area contributed by atoms with Crippen LogP contribution in [0.2, 0.25) is 0 Å². The van der Waals surface area contributed by atoms with Gasteiger partial charge in [0.25, 0.3) is 17.7 Å². The van der Waals surface area contributed by atoms with Gasteiger partial charge in [-0.3, -0.25) is 57.5 Å². The number of ether oxygens (including phenoxy) is 3. The molecule has 4 heterocycles. The van der Waals surface area contributed by atoms with E-state index in [2.05, 4.69) is 61.7 Å². The predicted octanol–water partition coefficient (Wildman–Crippen LogP) is 9.16. The quantitative estimate of drug-likeness (QED) is 0.0169. The smallest absolute Gasteiger partial charge is 0.332 e. The zero-order valence-electron chi connectivity index (χ0n) is 87.2. The third-order valence-electron chi connectivity index (χ3n) is 31.5. The van der Waals surface area contributed by atoms with Gasteiger partial charge in [-0.25, -0.2) is 28.8 Å². The summed E-state index contributed by atoms with van der Waals surface area (Å²) in [5.74, 6) is -9.43. The zero-order chi connectivity index (χ0) is 105. The van der Waals surface area contributed by atoms with Crippen LogP contribution in [0.25, 0.3) is 0 Å². The minimum atomic E-state index is -1.21. The van der Waals surface area contributed by atoms with Crippen molar-refractivity contribution >= 4 is 118 Å². The van der Waals surface area contributed by atoms with Crippen molar-refractivity contribution in [3.63, 3.8) is 0 Å². The highest BCUT2D eigenvalue weighted by Crippen LogP contribution is 2.67. The number of nitrogens with zero attached hydrogens (tertiary/aromatic N) is 3. The van der Waals surface area contributed by atoms with Gasteiger partial charge >= 0.3 is 36.0 Å². The van der Waals surface area contributed by atoms with Crippen molar-refractivity contribution in [2.24, 2.45) is 120 Å². The van der Waals surface area contributed by atoms with Crippen molar-refractivity contribution in [2.75, 3.05) is 26.2 Å². The average molecular weight is 2000 g/mol. The molecule has 3 unspecified atom stereocenters. The number of thiophene rings is 1. The van der Waals surface area contributed by atoms with Crippen molar-refractivity contribution in [3.8, 4) is 0 Å². The van der Waals surface area contributed by atoms with Gasteiger partial charge in [-0.2, -0.15) is 11.3 Å². The Bertz CT molecular complexity index is 5020. The molecule has 15 amide bonds. The van der Waals surface area contributed by atoms with E-state index in [1.165, 1.54) is 26.0 Å². The van der Waals surface area contributed by atoms with E-state index < -0.39 is 195 Å². The molecule has 11 fully saturated rings. The summed E-state index contributed by atoms with van der Waals surface area (Å²) >= 11 is 1.51. The first-order valence-electron chi connectivity index (χ1n) is 51.1. The monoisotopic (exact) mass is 2000 g/mol. The van der Waals surface area contributed by atoms with Crippen molar-refractivity contribution in [1.29, 1.82) is 0 Å². The molecule has 8 saturated carbocycles. The summed E-state index contributed by atoms with van der Waals surface area (Å²) in [6.07, 6.45) is 14.5. The topological polar surface area (TPSA) is 531 Å². The van der Waals surface area contributed by atoms with E-state index in [0.29, 0.717) is 77.1 Å². The van der Waals surface area contributed by atoms with Gasteiger partial charge in [-0.15, -0.1) is 0 Å². The fourth-order valence-electron chi connectivity index (χ4n) is 21.9. The second-order valence-corrected chi connectivity index (χ2v) is 50.4. The largest absolute Gasteiger partial charge is 0.464 e. The van der Waals surface area contributed by atoms with Crippen LogP contribution in [-0.4, -0.2) is 219 Å². The number of benzene rings is 1. The Labute approximate surface area is 839 Å². The van der Waals surface area contributed by atoms with Gasteiger partial charge in [0.05, 0.1) is 24.7 Å². The summed E-state index contributed by atoms with van der Waals surface area (Å²) in [6, 6.07) is -1.72. The molecule has 1 aromatic carbocycles. The van der Waals surface area contributed by atoms with E-state index in [4.69, 9.17) is 31.4 Å². The number of fused-ring (bicyclic) bond motifs is 3. The predicted molar refractivity (Wildman–Crippen MR) is 529 cm³/mol. The van der Waals surface area contributed by atoms with Crippen LogP contribution in [0.4, 0.5) is 14.4 Å². The minimum absolute atomic E-state index is 0.0501. The lowest BCUT2D eigenvalue weighted by atomic mass is 9.80. The normalized spacial score (nSPS) is 24.7. The molecule has 11 aliphatic rings. The highest BCUT2D eigenvalue weighted by Gasteiger charge is 2.73. The first kappa shape index (κ1) is 112.